The van der Waals surface area contributed by atoms with Crippen molar-refractivity contribution in [3.63, 3.8) is 0 Å². The number of anilines is 1. The van der Waals surface area contributed by atoms with Crippen molar-refractivity contribution >= 4 is 34.4 Å². The number of nitrogens with zero attached hydrogens (tertiary/aromatic N) is 2. The SMILES string of the molecule is CC(=O)Nc1nccc2nc(-c3ccccc3Cl)[nH]c12. The third-order valence-corrected chi connectivity index (χ3v) is 3.16. The molecule has 20 heavy (non-hydrogen) atoms. The van der Waals surface area contributed by atoms with Crippen LogP contribution in [0.15, 0.2) is 36.5 Å². The van der Waals surface area contributed by atoms with Crippen LogP contribution in [0.25, 0.3) is 22.4 Å². The number of pyridine rings is 1. The fraction of sp³-hybridized carbons (Fsp3) is 0.0714. The van der Waals surface area contributed by atoms with Gasteiger partial charge in [-0.05, 0) is 18.2 Å². The maximum Gasteiger partial charge on any atom is 0.222 e. The van der Waals surface area contributed by atoms with E-state index in [0.717, 1.165) is 11.1 Å². The second kappa shape index (κ2) is 4.94. The summed E-state index contributed by atoms with van der Waals surface area (Å²) < 4.78 is 0. The third-order valence-electron chi connectivity index (χ3n) is 2.83. The van der Waals surface area contributed by atoms with Crippen molar-refractivity contribution in [1.29, 1.82) is 0 Å². The van der Waals surface area contributed by atoms with E-state index in [-0.39, 0.29) is 5.91 Å². The van der Waals surface area contributed by atoms with E-state index in [2.05, 4.69) is 20.3 Å². The number of rotatable bonds is 2. The van der Waals surface area contributed by atoms with Crippen LogP contribution in [0.2, 0.25) is 5.02 Å². The predicted octanol–water partition coefficient (Wildman–Crippen LogP) is 3.24. The molecule has 0 radical (unpaired) electrons. The zero-order valence-electron chi connectivity index (χ0n) is 10.6. The highest BCUT2D eigenvalue weighted by Gasteiger charge is 2.12. The van der Waals surface area contributed by atoms with Gasteiger partial charge in [0.1, 0.15) is 11.3 Å². The highest BCUT2D eigenvalue weighted by molar-refractivity contribution is 6.33. The molecule has 0 spiro atoms. The minimum absolute atomic E-state index is 0.182. The molecule has 1 amide bonds. The minimum atomic E-state index is -0.182. The lowest BCUT2D eigenvalue weighted by Crippen LogP contribution is -2.07. The Morgan fingerprint density at radius 3 is 2.85 bits per heavy atom. The van der Waals surface area contributed by atoms with Gasteiger partial charge in [0.15, 0.2) is 5.82 Å². The normalized spacial score (nSPS) is 10.7. The van der Waals surface area contributed by atoms with Crippen molar-refractivity contribution in [2.75, 3.05) is 5.32 Å². The fourth-order valence-electron chi connectivity index (χ4n) is 1.98. The first-order valence-corrected chi connectivity index (χ1v) is 6.40. The predicted molar refractivity (Wildman–Crippen MR) is 78.6 cm³/mol. The smallest absolute Gasteiger partial charge is 0.222 e. The zero-order chi connectivity index (χ0) is 14.1. The summed E-state index contributed by atoms with van der Waals surface area (Å²) in [5, 5.41) is 3.28. The van der Waals surface area contributed by atoms with Gasteiger partial charge in [0.25, 0.3) is 0 Å². The Morgan fingerprint density at radius 1 is 1.30 bits per heavy atom. The quantitative estimate of drug-likeness (QED) is 0.760. The van der Waals surface area contributed by atoms with E-state index >= 15 is 0 Å². The number of aromatic amines is 1. The molecule has 6 heteroatoms. The maximum absolute atomic E-state index is 11.2. The molecular weight excluding hydrogens is 276 g/mol. The third kappa shape index (κ3) is 2.23. The van der Waals surface area contributed by atoms with E-state index in [4.69, 9.17) is 11.6 Å². The summed E-state index contributed by atoms with van der Waals surface area (Å²) >= 11 is 6.17. The Bertz CT molecular complexity index is 797. The molecule has 2 heterocycles. The van der Waals surface area contributed by atoms with Crippen molar-refractivity contribution in [3.8, 4) is 11.4 Å². The van der Waals surface area contributed by atoms with E-state index in [9.17, 15) is 4.79 Å². The second-order valence-corrected chi connectivity index (χ2v) is 4.71. The number of carbonyl (C=O) groups excluding carboxylic acids is 1. The number of fused-ring (bicyclic) bond motifs is 1. The molecule has 0 aliphatic carbocycles. The molecule has 0 fully saturated rings. The Morgan fingerprint density at radius 2 is 2.10 bits per heavy atom. The average molecular weight is 287 g/mol. The highest BCUT2D eigenvalue weighted by atomic mass is 35.5. The van der Waals surface area contributed by atoms with Crippen LogP contribution in [0.5, 0.6) is 0 Å². The van der Waals surface area contributed by atoms with E-state index in [1.807, 2.05) is 18.2 Å². The van der Waals surface area contributed by atoms with E-state index < -0.39 is 0 Å². The van der Waals surface area contributed by atoms with Crippen LogP contribution < -0.4 is 5.32 Å². The molecule has 0 aliphatic heterocycles. The second-order valence-electron chi connectivity index (χ2n) is 4.30. The number of H-pyrrole nitrogens is 1. The van der Waals surface area contributed by atoms with Gasteiger partial charge in [-0.15, -0.1) is 0 Å². The van der Waals surface area contributed by atoms with E-state index in [1.165, 1.54) is 6.92 Å². The first kappa shape index (κ1) is 12.6. The summed E-state index contributed by atoms with van der Waals surface area (Å²) in [6, 6.07) is 9.21. The fourth-order valence-corrected chi connectivity index (χ4v) is 2.20. The zero-order valence-corrected chi connectivity index (χ0v) is 11.4. The highest BCUT2D eigenvalue weighted by Crippen LogP contribution is 2.28. The topological polar surface area (TPSA) is 70.7 Å². The van der Waals surface area contributed by atoms with Crippen LogP contribution in [-0.2, 0) is 4.79 Å². The van der Waals surface area contributed by atoms with Crippen molar-refractivity contribution in [3.05, 3.63) is 41.6 Å². The van der Waals surface area contributed by atoms with Crippen LogP contribution in [0.3, 0.4) is 0 Å². The van der Waals surface area contributed by atoms with E-state index in [1.54, 1.807) is 18.3 Å². The standard InChI is InChI=1S/C14H11ClN4O/c1-8(20)17-14-12-11(6-7-16-14)18-13(19-12)9-4-2-3-5-10(9)15/h2-7H,1H3,(H,18,19)(H,16,17,20). The van der Waals surface area contributed by atoms with E-state index in [0.29, 0.717) is 22.2 Å². The molecule has 0 aliphatic rings. The number of nitrogens with one attached hydrogen (secondary N) is 2. The number of amides is 1. The molecule has 3 rings (SSSR count). The molecule has 0 unspecified atom stereocenters. The van der Waals surface area contributed by atoms with Crippen molar-refractivity contribution < 1.29 is 4.79 Å². The first-order chi connectivity index (χ1) is 9.65. The van der Waals surface area contributed by atoms with Gasteiger partial charge < -0.3 is 10.3 Å². The largest absolute Gasteiger partial charge is 0.335 e. The van der Waals surface area contributed by atoms with Gasteiger partial charge in [-0.2, -0.15) is 0 Å². The van der Waals surface area contributed by atoms with Crippen molar-refractivity contribution in [1.82, 2.24) is 15.0 Å². The number of carbonyl (C=O) groups is 1. The van der Waals surface area contributed by atoms with Crippen molar-refractivity contribution in [2.24, 2.45) is 0 Å². The molecule has 0 saturated heterocycles. The van der Waals surface area contributed by atoms with Crippen LogP contribution >= 0.6 is 11.6 Å². The summed E-state index contributed by atoms with van der Waals surface area (Å²) in [6.07, 6.45) is 1.60. The molecule has 3 aromatic rings. The van der Waals surface area contributed by atoms with Crippen LogP contribution in [-0.4, -0.2) is 20.9 Å². The summed E-state index contributed by atoms with van der Waals surface area (Å²) in [5.41, 5.74) is 2.20. The monoisotopic (exact) mass is 286 g/mol. The summed E-state index contributed by atoms with van der Waals surface area (Å²) in [5.74, 6) is 0.921. The summed E-state index contributed by atoms with van der Waals surface area (Å²) in [6.45, 7) is 1.44. The Labute approximate surface area is 120 Å². The van der Waals surface area contributed by atoms with Crippen LogP contribution in [0.4, 0.5) is 5.82 Å². The lowest BCUT2D eigenvalue weighted by Gasteiger charge is -2.01. The Balaban J connectivity index is 2.16. The molecule has 0 atom stereocenters. The maximum atomic E-state index is 11.2. The lowest BCUT2D eigenvalue weighted by molar-refractivity contribution is -0.114. The van der Waals surface area contributed by atoms with Gasteiger partial charge in [0.2, 0.25) is 5.91 Å². The van der Waals surface area contributed by atoms with Gasteiger partial charge in [0, 0.05) is 18.7 Å². The summed E-state index contributed by atoms with van der Waals surface area (Å²) in [4.78, 5) is 23.0. The first-order valence-electron chi connectivity index (χ1n) is 6.02. The molecule has 100 valence electrons. The molecule has 2 N–H and O–H groups in total. The van der Waals surface area contributed by atoms with Crippen LogP contribution in [0, 0.1) is 0 Å². The number of imidazole rings is 1. The van der Waals surface area contributed by atoms with Gasteiger partial charge in [-0.3, -0.25) is 4.79 Å². The number of aromatic nitrogens is 3. The van der Waals surface area contributed by atoms with Gasteiger partial charge in [-0.25, -0.2) is 9.97 Å². The molecule has 5 nitrogen and oxygen atoms in total. The molecule has 2 aromatic heterocycles. The number of benzene rings is 1. The van der Waals surface area contributed by atoms with Gasteiger partial charge in [-0.1, -0.05) is 23.7 Å². The number of hydrogen-bond acceptors (Lipinski definition) is 3. The lowest BCUT2D eigenvalue weighted by atomic mass is 10.2. The molecule has 1 aromatic carbocycles. The van der Waals surface area contributed by atoms with Crippen LogP contribution in [0.1, 0.15) is 6.92 Å². The van der Waals surface area contributed by atoms with Crippen molar-refractivity contribution in [2.45, 2.75) is 6.92 Å². The molecule has 0 saturated carbocycles. The Kier molecular flexibility index (Phi) is 3.12. The minimum Gasteiger partial charge on any atom is -0.335 e. The molecule has 0 bridgehead atoms. The van der Waals surface area contributed by atoms with Gasteiger partial charge >= 0.3 is 0 Å². The number of halogens is 1. The van der Waals surface area contributed by atoms with Gasteiger partial charge in [0.05, 0.1) is 10.5 Å². The Hall–Kier alpha value is -2.40. The summed E-state index contributed by atoms with van der Waals surface area (Å²) in [7, 11) is 0. The number of hydrogen-bond donors (Lipinski definition) is 2. The molecular formula is C14H11ClN4O. The average Bonchev–Trinajstić information content (AvgIpc) is 2.83.